The number of benzene rings is 1. The SMILES string of the molecule is CN(C)c1nccc(NC2CCN(c3ccc(C#N)cc3Cl)C2)n1. The van der Waals surface area contributed by atoms with Gasteiger partial charge in [-0.15, -0.1) is 0 Å². The van der Waals surface area contributed by atoms with Crippen molar-refractivity contribution < 1.29 is 0 Å². The van der Waals surface area contributed by atoms with E-state index in [0.717, 1.165) is 31.0 Å². The van der Waals surface area contributed by atoms with Gasteiger partial charge in [0, 0.05) is 39.4 Å². The van der Waals surface area contributed by atoms with Crippen LogP contribution in [0.3, 0.4) is 0 Å². The Morgan fingerprint density at radius 2 is 2.21 bits per heavy atom. The van der Waals surface area contributed by atoms with Crippen molar-refractivity contribution in [2.75, 3.05) is 42.3 Å². The number of anilines is 3. The number of hydrogen-bond donors (Lipinski definition) is 1. The van der Waals surface area contributed by atoms with Crippen LogP contribution in [0.5, 0.6) is 0 Å². The maximum atomic E-state index is 8.94. The van der Waals surface area contributed by atoms with Crippen molar-refractivity contribution in [3.05, 3.63) is 41.0 Å². The van der Waals surface area contributed by atoms with Crippen LogP contribution in [0.2, 0.25) is 5.02 Å². The number of halogens is 1. The summed E-state index contributed by atoms with van der Waals surface area (Å²) in [5, 5.41) is 13.0. The van der Waals surface area contributed by atoms with E-state index in [9.17, 15) is 0 Å². The maximum absolute atomic E-state index is 8.94. The first kappa shape index (κ1) is 16.3. The van der Waals surface area contributed by atoms with Crippen LogP contribution in [0.15, 0.2) is 30.5 Å². The summed E-state index contributed by atoms with van der Waals surface area (Å²) in [7, 11) is 3.84. The molecule has 1 aromatic carbocycles. The Morgan fingerprint density at radius 1 is 1.38 bits per heavy atom. The Bertz CT molecular complexity index is 770. The van der Waals surface area contributed by atoms with Gasteiger partial charge in [-0.1, -0.05) is 11.6 Å². The minimum absolute atomic E-state index is 0.293. The predicted molar refractivity (Wildman–Crippen MR) is 96.8 cm³/mol. The first-order chi connectivity index (χ1) is 11.6. The fourth-order valence-electron chi connectivity index (χ4n) is 2.78. The van der Waals surface area contributed by atoms with Gasteiger partial charge in [-0.25, -0.2) is 4.98 Å². The molecule has 0 aliphatic carbocycles. The van der Waals surface area contributed by atoms with Crippen molar-refractivity contribution in [3.63, 3.8) is 0 Å². The van der Waals surface area contributed by atoms with Gasteiger partial charge in [-0.2, -0.15) is 10.2 Å². The van der Waals surface area contributed by atoms with Gasteiger partial charge in [-0.05, 0) is 30.7 Å². The number of nitrogens with one attached hydrogen (secondary N) is 1. The van der Waals surface area contributed by atoms with Crippen LogP contribution in [0.4, 0.5) is 17.5 Å². The lowest BCUT2D eigenvalue weighted by atomic mass is 10.2. The van der Waals surface area contributed by atoms with E-state index in [2.05, 4.69) is 26.3 Å². The fourth-order valence-corrected chi connectivity index (χ4v) is 3.08. The molecular weight excluding hydrogens is 324 g/mol. The van der Waals surface area contributed by atoms with Crippen LogP contribution in [0.25, 0.3) is 0 Å². The molecule has 6 nitrogen and oxygen atoms in total. The van der Waals surface area contributed by atoms with E-state index in [1.807, 2.05) is 31.1 Å². The summed E-state index contributed by atoms with van der Waals surface area (Å²) in [5.41, 5.74) is 1.55. The average Bonchev–Trinajstić information content (AvgIpc) is 3.03. The lowest BCUT2D eigenvalue weighted by molar-refractivity contribution is 0.798. The number of hydrogen-bond acceptors (Lipinski definition) is 6. The molecule has 1 atom stereocenters. The molecule has 0 amide bonds. The van der Waals surface area contributed by atoms with E-state index in [1.54, 1.807) is 18.3 Å². The van der Waals surface area contributed by atoms with E-state index in [4.69, 9.17) is 16.9 Å². The zero-order valence-corrected chi connectivity index (χ0v) is 14.5. The normalized spacial score (nSPS) is 16.8. The van der Waals surface area contributed by atoms with Gasteiger partial charge in [0.1, 0.15) is 5.82 Å². The number of aromatic nitrogens is 2. The van der Waals surface area contributed by atoms with Crippen molar-refractivity contribution in [2.24, 2.45) is 0 Å². The van der Waals surface area contributed by atoms with Crippen molar-refractivity contribution in [1.29, 1.82) is 5.26 Å². The molecule has 2 heterocycles. The minimum Gasteiger partial charge on any atom is -0.368 e. The summed E-state index contributed by atoms with van der Waals surface area (Å²) in [5.74, 6) is 1.51. The van der Waals surface area contributed by atoms with Crippen molar-refractivity contribution in [2.45, 2.75) is 12.5 Å². The Labute approximate surface area is 146 Å². The van der Waals surface area contributed by atoms with E-state index >= 15 is 0 Å². The summed E-state index contributed by atoms with van der Waals surface area (Å²) in [4.78, 5) is 12.8. The molecule has 0 bridgehead atoms. The summed E-state index contributed by atoms with van der Waals surface area (Å²) in [6.07, 6.45) is 2.76. The second-order valence-corrected chi connectivity index (χ2v) is 6.40. The van der Waals surface area contributed by atoms with Crippen molar-refractivity contribution >= 4 is 29.1 Å². The van der Waals surface area contributed by atoms with Crippen LogP contribution in [0, 0.1) is 11.3 Å². The molecule has 0 radical (unpaired) electrons. The van der Waals surface area contributed by atoms with Crippen LogP contribution in [0.1, 0.15) is 12.0 Å². The third-order valence-electron chi connectivity index (χ3n) is 4.00. The highest BCUT2D eigenvalue weighted by atomic mass is 35.5. The zero-order chi connectivity index (χ0) is 17.1. The van der Waals surface area contributed by atoms with Crippen LogP contribution < -0.4 is 15.1 Å². The average molecular weight is 343 g/mol. The smallest absolute Gasteiger partial charge is 0.226 e. The first-order valence-electron chi connectivity index (χ1n) is 7.78. The first-order valence-corrected chi connectivity index (χ1v) is 8.16. The molecule has 1 unspecified atom stereocenters. The molecule has 24 heavy (non-hydrogen) atoms. The standard InChI is InChI=1S/C17H19ClN6/c1-23(2)17-20-7-5-16(22-17)21-13-6-8-24(11-13)15-4-3-12(10-19)9-14(15)18/h3-5,7,9,13H,6,8,11H2,1-2H3,(H,20,21,22). The second kappa shape index (κ2) is 6.93. The molecular formula is C17H19ClN6. The Kier molecular flexibility index (Phi) is 4.72. The van der Waals surface area contributed by atoms with Gasteiger partial charge in [0.05, 0.1) is 22.3 Å². The number of rotatable bonds is 4. The largest absolute Gasteiger partial charge is 0.368 e. The third-order valence-corrected chi connectivity index (χ3v) is 4.30. The van der Waals surface area contributed by atoms with Gasteiger partial charge in [-0.3, -0.25) is 0 Å². The van der Waals surface area contributed by atoms with Gasteiger partial charge in [0.25, 0.3) is 0 Å². The van der Waals surface area contributed by atoms with E-state index in [0.29, 0.717) is 22.6 Å². The molecule has 124 valence electrons. The molecule has 2 aromatic rings. The lowest BCUT2D eigenvalue weighted by Crippen LogP contribution is -2.26. The topological polar surface area (TPSA) is 68.1 Å². The quantitative estimate of drug-likeness (QED) is 0.921. The molecule has 3 rings (SSSR count). The molecule has 1 saturated heterocycles. The molecule has 1 aliphatic rings. The van der Waals surface area contributed by atoms with Crippen molar-refractivity contribution in [3.8, 4) is 6.07 Å². The van der Waals surface area contributed by atoms with Gasteiger partial charge in [0.2, 0.25) is 5.95 Å². The molecule has 1 aromatic heterocycles. The number of nitrogens with zero attached hydrogens (tertiary/aromatic N) is 5. The highest BCUT2D eigenvalue weighted by molar-refractivity contribution is 6.33. The molecule has 1 aliphatic heterocycles. The molecule has 1 fully saturated rings. The second-order valence-electron chi connectivity index (χ2n) is 5.99. The highest BCUT2D eigenvalue weighted by Gasteiger charge is 2.24. The van der Waals surface area contributed by atoms with Gasteiger partial charge in [0.15, 0.2) is 0 Å². The summed E-state index contributed by atoms with van der Waals surface area (Å²) < 4.78 is 0. The lowest BCUT2D eigenvalue weighted by Gasteiger charge is -2.21. The zero-order valence-electron chi connectivity index (χ0n) is 13.7. The fraction of sp³-hybridized carbons (Fsp3) is 0.353. The summed E-state index contributed by atoms with van der Waals surface area (Å²) >= 11 is 6.31. The van der Waals surface area contributed by atoms with Crippen LogP contribution in [-0.2, 0) is 0 Å². The summed E-state index contributed by atoms with van der Waals surface area (Å²) in [6, 6.07) is 9.71. The predicted octanol–water partition coefficient (Wildman–Crippen LogP) is 2.76. The highest BCUT2D eigenvalue weighted by Crippen LogP contribution is 2.30. The van der Waals surface area contributed by atoms with Crippen molar-refractivity contribution in [1.82, 2.24) is 9.97 Å². The third kappa shape index (κ3) is 3.52. The minimum atomic E-state index is 0.293. The Balaban J connectivity index is 1.68. The molecule has 7 heteroatoms. The Morgan fingerprint density at radius 3 is 2.92 bits per heavy atom. The van der Waals surface area contributed by atoms with Crippen LogP contribution >= 0.6 is 11.6 Å². The molecule has 0 spiro atoms. The molecule has 0 saturated carbocycles. The summed E-state index contributed by atoms with van der Waals surface area (Å²) in [6.45, 7) is 1.75. The maximum Gasteiger partial charge on any atom is 0.226 e. The van der Waals surface area contributed by atoms with E-state index in [1.165, 1.54) is 0 Å². The van der Waals surface area contributed by atoms with Crippen LogP contribution in [-0.4, -0.2) is 43.2 Å². The van der Waals surface area contributed by atoms with Gasteiger partial charge < -0.3 is 15.1 Å². The Hall–Kier alpha value is -2.52. The number of nitriles is 1. The van der Waals surface area contributed by atoms with Gasteiger partial charge >= 0.3 is 0 Å². The van der Waals surface area contributed by atoms with E-state index < -0.39 is 0 Å². The van der Waals surface area contributed by atoms with E-state index in [-0.39, 0.29) is 0 Å². The monoisotopic (exact) mass is 342 g/mol. The molecule has 1 N–H and O–H groups in total.